The van der Waals surface area contributed by atoms with Crippen LogP contribution in [-0.4, -0.2) is 39.2 Å². The highest BCUT2D eigenvalue weighted by Crippen LogP contribution is 2.39. The van der Waals surface area contributed by atoms with Crippen LogP contribution in [0.15, 0.2) is 42.9 Å². The Morgan fingerprint density at radius 1 is 1.28 bits per heavy atom. The van der Waals surface area contributed by atoms with Gasteiger partial charge in [0.2, 0.25) is 0 Å². The van der Waals surface area contributed by atoms with Gasteiger partial charge in [0.05, 0.1) is 31.3 Å². The Morgan fingerprint density at radius 2 is 2.10 bits per heavy atom. The number of hydrogen-bond donors (Lipinski definition) is 1. The summed E-state index contributed by atoms with van der Waals surface area (Å²) in [5.41, 5.74) is 2.15. The summed E-state index contributed by atoms with van der Waals surface area (Å²) in [5, 5.41) is 4.09. The molecule has 154 valence electrons. The molecule has 0 spiro atoms. The lowest BCUT2D eigenvalue weighted by molar-refractivity contribution is -0.140. The van der Waals surface area contributed by atoms with Crippen molar-refractivity contribution in [2.24, 2.45) is 0 Å². The van der Waals surface area contributed by atoms with Gasteiger partial charge in [-0.3, -0.25) is 9.78 Å². The molecule has 2 atom stereocenters. The number of thiocarbonyl (C=S) groups is 1. The predicted molar refractivity (Wildman–Crippen MR) is 115 cm³/mol. The Kier molecular flexibility index (Phi) is 6.13. The van der Waals surface area contributed by atoms with E-state index < -0.39 is 0 Å². The van der Waals surface area contributed by atoms with Crippen molar-refractivity contribution in [2.45, 2.75) is 56.7 Å². The molecule has 1 saturated carbocycles. The zero-order valence-electron chi connectivity index (χ0n) is 16.8. The van der Waals surface area contributed by atoms with Gasteiger partial charge in [-0.2, -0.15) is 0 Å². The smallest absolute Gasteiger partial charge is 0.307 e. The first-order chi connectivity index (χ1) is 14.2. The van der Waals surface area contributed by atoms with Crippen molar-refractivity contribution in [1.82, 2.24) is 19.8 Å². The van der Waals surface area contributed by atoms with Gasteiger partial charge in [0.1, 0.15) is 0 Å². The molecule has 0 radical (unpaired) electrons. The number of nitrogens with zero attached hydrogens (tertiary/aromatic N) is 3. The van der Waals surface area contributed by atoms with Gasteiger partial charge in [0, 0.05) is 31.2 Å². The van der Waals surface area contributed by atoms with Gasteiger partial charge >= 0.3 is 5.97 Å². The summed E-state index contributed by atoms with van der Waals surface area (Å²) in [5.74, 6) is -0.229. The van der Waals surface area contributed by atoms with E-state index in [9.17, 15) is 4.79 Å². The van der Waals surface area contributed by atoms with E-state index in [1.807, 2.05) is 18.2 Å². The van der Waals surface area contributed by atoms with Gasteiger partial charge in [-0.15, -0.1) is 0 Å². The maximum atomic E-state index is 11.8. The maximum Gasteiger partial charge on any atom is 0.307 e. The average Bonchev–Trinajstić information content (AvgIpc) is 3.38. The summed E-state index contributed by atoms with van der Waals surface area (Å²) < 4.78 is 7.20. The van der Waals surface area contributed by atoms with Crippen LogP contribution < -0.4 is 5.32 Å². The average molecular weight is 413 g/mol. The minimum Gasteiger partial charge on any atom is -0.469 e. The molecule has 4 rings (SSSR count). The minimum absolute atomic E-state index is 0.00750. The van der Waals surface area contributed by atoms with E-state index in [0.717, 1.165) is 5.69 Å². The summed E-state index contributed by atoms with van der Waals surface area (Å²) in [6.07, 6.45) is 13.0. The van der Waals surface area contributed by atoms with Crippen molar-refractivity contribution in [2.75, 3.05) is 13.7 Å². The first-order valence-corrected chi connectivity index (χ1v) is 10.8. The second-order valence-corrected chi connectivity index (χ2v) is 8.22. The molecule has 7 heteroatoms. The van der Waals surface area contributed by atoms with Crippen LogP contribution in [0.2, 0.25) is 0 Å². The Bertz CT molecular complexity index is 848. The van der Waals surface area contributed by atoms with Crippen LogP contribution in [0.3, 0.4) is 0 Å². The van der Waals surface area contributed by atoms with E-state index in [1.54, 1.807) is 6.20 Å². The molecule has 0 amide bonds. The molecule has 1 N–H and O–H groups in total. The molecular weight excluding hydrogens is 384 g/mol. The first-order valence-electron chi connectivity index (χ1n) is 10.4. The molecule has 6 nitrogen and oxygen atoms in total. The van der Waals surface area contributed by atoms with E-state index >= 15 is 0 Å². The Morgan fingerprint density at radius 3 is 2.83 bits per heavy atom. The molecule has 1 saturated heterocycles. The third-order valence-electron chi connectivity index (χ3n) is 6.06. The van der Waals surface area contributed by atoms with Gasteiger partial charge < -0.3 is 19.5 Å². The fraction of sp³-hybridized carbons (Fsp3) is 0.500. The van der Waals surface area contributed by atoms with E-state index in [0.29, 0.717) is 24.1 Å². The number of carbonyl (C=O) groups is 1. The van der Waals surface area contributed by atoms with E-state index in [2.05, 4.69) is 38.2 Å². The standard InChI is InChI=1S/C22H28N4O2S/c1-28-19(27)11-14-26-21(20(24-22(26)29)18-9-5-6-12-23-18)16-10-13-25(15-16)17-7-3-2-4-8-17/h5-6,9-10,12-13,15,17,20-21H,2-4,7-8,11,14H2,1H3,(H,24,29)/t20-,21+/m1/s1. The second kappa shape index (κ2) is 8.95. The van der Waals surface area contributed by atoms with Crippen molar-refractivity contribution >= 4 is 23.3 Å². The number of nitrogens with one attached hydrogen (secondary N) is 1. The minimum atomic E-state index is -0.229. The normalized spacial score (nSPS) is 22.5. The highest BCUT2D eigenvalue weighted by atomic mass is 32.1. The number of hydrogen-bond acceptors (Lipinski definition) is 4. The lowest BCUT2D eigenvalue weighted by Gasteiger charge is -2.27. The Hall–Kier alpha value is -2.41. The number of aromatic nitrogens is 2. The number of methoxy groups -OCH3 is 1. The van der Waals surface area contributed by atoms with Crippen molar-refractivity contribution in [1.29, 1.82) is 0 Å². The first kappa shape index (κ1) is 19.9. The van der Waals surface area contributed by atoms with Crippen molar-refractivity contribution in [3.05, 3.63) is 54.1 Å². The molecule has 0 aromatic carbocycles. The van der Waals surface area contributed by atoms with Gasteiger partial charge in [0.15, 0.2) is 5.11 Å². The fourth-order valence-corrected chi connectivity index (χ4v) is 4.87. The summed E-state index contributed by atoms with van der Waals surface area (Å²) >= 11 is 5.64. The van der Waals surface area contributed by atoms with Crippen LogP contribution >= 0.6 is 12.2 Å². The third-order valence-corrected chi connectivity index (χ3v) is 6.41. The van der Waals surface area contributed by atoms with Crippen LogP contribution in [0, 0.1) is 0 Å². The number of ether oxygens (including phenoxy) is 1. The molecule has 1 aliphatic heterocycles. The molecule has 0 bridgehead atoms. The second-order valence-electron chi connectivity index (χ2n) is 7.83. The molecule has 1 aliphatic carbocycles. The zero-order valence-corrected chi connectivity index (χ0v) is 17.6. The topological polar surface area (TPSA) is 59.4 Å². The summed E-state index contributed by atoms with van der Waals surface area (Å²) in [6.45, 7) is 0.515. The lowest BCUT2D eigenvalue weighted by Crippen LogP contribution is -2.31. The molecular formula is C22H28N4O2S. The zero-order chi connectivity index (χ0) is 20.2. The van der Waals surface area contributed by atoms with Crippen LogP contribution in [0.25, 0.3) is 0 Å². The van der Waals surface area contributed by atoms with Crippen molar-refractivity contribution in [3.63, 3.8) is 0 Å². The van der Waals surface area contributed by atoms with Crippen LogP contribution in [0.1, 0.15) is 67.9 Å². The number of esters is 1. The highest BCUT2D eigenvalue weighted by Gasteiger charge is 2.40. The molecule has 2 aliphatic rings. The summed E-state index contributed by atoms with van der Waals surface area (Å²) in [7, 11) is 1.42. The van der Waals surface area contributed by atoms with Crippen molar-refractivity contribution in [3.8, 4) is 0 Å². The Balaban J connectivity index is 1.63. The summed E-state index contributed by atoms with van der Waals surface area (Å²) in [4.78, 5) is 18.4. The number of carbonyl (C=O) groups excluding carboxylic acids is 1. The quantitative estimate of drug-likeness (QED) is 0.573. The van der Waals surface area contributed by atoms with Crippen LogP contribution in [0.5, 0.6) is 0 Å². The monoisotopic (exact) mass is 412 g/mol. The highest BCUT2D eigenvalue weighted by molar-refractivity contribution is 7.80. The van der Waals surface area contributed by atoms with E-state index in [4.69, 9.17) is 17.0 Å². The van der Waals surface area contributed by atoms with Gasteiger partial charge in [-0.1, -0.05) is 25.3 Å². The lowest BCUT2D eigenvalue weighted by atomic mass is 9.95. The molecule has 0 unspecified atom stereocenters. The SMILES string of the molecule is COC(=O)CCN1C(=S)N[C@H](c2ccccn2)[C@@H]1c1ccn(C2CCCCC2)c1. The van der Waals surface area contributed by atoms with Gasteiger partial charge in [0.25, 0.3) is 0 Å². The predicted octanol–water partition coefficient (Wildman–Crippen LogP) is 3.92. The molecule has 29 heavy (non-hydrogen) atoms. The van der Waals surface area contributed by atoms with Crippen molar-refractivity contribution < 1.29 is 9.53 Å². The largest absolute Gasteiger partial charge is 0.469 e. The van der Waals surface area contributed by atoms with Gasteiger partial charge in [-0.25, -0.2) is 0 Å². The number of rotatable bonds is 6. The third kappa shape index (κ3) is 4.29. The molecule has 3 heterocycles. The summed E-state index contributed by atoms with van der Waals surface area (Å²) in [6, 6.07) is 8.64. The van der Waals surface area contributed by atoms with Crippen LogP contribution in [0.4, 0.5) is 0 Å². The molecule has 2 aromatic rings. The van der Waals surface area contributed by atoms with Gasteiger partial charge in [-0.05, 0) is 48.8 Å². The fourth-order valence-electron chi connectivity index (χ4n) is 4.54. The maximum absolute atomic E-state index is 11.8. The molecule has 2 fully saturated rings. The van der Waals surface area contributed by atoms with E-state index in [-0.39, 0.29) is 18.1 Å². The van der Waals surface area contributed by atoms with E-state index in [1.165, 1.54) is 44.8 Å². The van der Waals surface area contributed by atoms with Crippen LogP contribution in [-0.2, 0) is 9.53 Å². The molecule has 2 aromatic heterocycles. The number of pyridine rings is 1. The Labute approximate surface area is 177 Å².